The molecule has 1 aliphatic heterocycles. The van der Waals surface area contributed by atoms with Gasteiger partial charge < -0.3 is 15.0 Å². The van der Waals surface area contributed by atoms with Crippen LogP contribution in [-0.4, -0.2) is 43.7 Å². The van der Waals surface area contributed by atoms with Crippen LogP contribution in [0, 0.1) is 0 Å². The third-order valence-electron chi connectivity index (χ3n) is 3.35. The van der Waals surface area contributed by atoms with Crippen molar-refractivity contribution in [2.75, 3.05) is 26.8 Å². The lowest BCUT2D eigenvalue weighted by atomic mass is 10.1. The summed E-state index contributed by atoms with van der Waals surface area (Å²) < 4.78 is 5.36. The molecule has 0 spiro atoms. The highest BCUT2D eigenvalue weighted by Gasteiger charge is 2.22. The molecule has 0 bridgehead atoms. The quantitative estimate of drug-likeness (QED) is 0.902. The monoisotopic (exact) mass is 268 g/mol. The van der Waals surface area contributed by atoms with Crippen LogP contribution in [0.15, 0.2) is 17.5 Å². The van der Waals surface area contributed by atoms with E-state index in [-0.39, 0.29) is 18.0 Å². The molecule has 1 aliphatic rings. The molecule has 4 nitrogen and oxygen atoms in total. The molecule has 1 saturated heterocycles. The molecule has 2 rings (SSSR count). The number of carbonyl (C=O) groups is 1. The van der Waals surface area contributed by atoms with E-state index < -0.39 is 0 Å². The van der Waals surface area contributed by atoms with Crippen molar-refractivity contribution in [3.8, 4) is 0 Å². The second kappa shape index (κ2) is 6.31. The molecule has 2 heterocycles. The Morgan fingerprint density at radius 2 is 2.56 bits per heavy atom. The van der Waals surface area contributed by atoms with E-state index in [4.69, 9.17) is 4.74 Å². The fourth-order valence-electron chi connectivity index (χ4n) is 2.04. The van der Waals surface area contributed by atoms with Gasteiger partial charge in [0.05, 0.1) is 19.3 Å². The highest BCUT2D eigenvalue weighted by Crippen LogP contribution is 2.24. The van der Waals surface area contributed by atoms with Gasteiger partial charge in [-0.3, -0.25) is 4.79 Å². The average molecular weight is 268 g/mol. The van der Waals surface area contributed by atoms with E-state index >= 15 is 0 Å². The third-order valence-corrected chi connectivity index (χ3v) is 4.39. The number of hydrogen-bond acceptors (Lipinski definition) is 4. The molecular formula is C13H20N2O2S. The van der Waals surface area contributed by atoms with Crippen LogP contribution >= 0.6 is 11.3 Å². The highest BCUT2D eigenvalue weighted by atomic mass is 32.1. The first kappa shape index (κ1) is 13.5. The number of nitrogens with one attached hydrogen (secondary N) is 1. The average Bonchev–Trinajstić information content (AvgIpc) is 2.92. The summed E-state index contributed by atoms with van der Waals surface area (Å²) in [7, 11) is 1.87. The van der Waals surface area contributed by atoms with Crippen molar-refractivity contribution in [2.24, 2.45) is 0 Å². The van der Waals surface area contributed by atoms with Gasteiger partial charge >= 0.3 is 0 Å². The van der Waals surface area contributed by atoms with Gasteiger partial charge in [-0.25, -0.2) is 0 Å². The minimum atomic E-state index is 0.141. The Balaban J connectivity index is 1.87. The second-order valence-electron chi connectivity index (χ2n) is 4.63. The van der Waals surface area contributed by atoms with Crippen LogP contribution in [0.3, 0.4) is 0 Å². The van der Waals surface area contributed by atoms with Gasteiger partial charge in [0.15, 0.2) is 0 Å². The topological polar surface area (TPSA) is 41.6 Å². The molecule has 0 aliphatic carbocycles. The van der Waals surface area contributed by atoms with Crippen molar-refractivity contribution < 1.29 is 9.53 Å². The maximum atomic E-state index is 12.2. The van der Waals surface area contributed by atoms with E-state index in [2.05, 4.69) is 18.3 Å². The zero-order valence-corrected chi connectivity index (χ0v) is 11.7. The van der Waals surface area contributed by atoms with Gasteiger partial charge in [-0.2, -0.15) is 0 Å². The van der Waals surface area contributed by atoms with E-state index in [1.54, 1.807) is 11.3 Å². The van der Waals surface area contributed by atoms with E-state index in [0.717, 1.165) is 13.2 Å². The van der Waals surface area contributed by atoms with Crippen LogP contribution in [-0.2, 0) is 9.53 Å². The van der Waals surface area contributed by atoms with Gasteiger partial charge in [-0.05, 0) is 18.4 Å². The molecule has 0 radical (unpaired) electrons. The minimum Gasteiger partial charge on any atom is -0.378 e. The number of rotatable bonds is 4. The van der Waals surface area contributed by atoms with Crippen molar-refractivity contribution in [1.29, 1.82) is 0 Å². The number of amides is 1. The molecule has 0 aromatic carbocycles. The summed E-state index contributed by atoms with van der Waals surface area (Å²) in [4.78, 5) is 15.2. The fourth-order valence-corrected chi connectivity index (χ4v) is 2.87. The number of ether oxygens (including phenoxy) is 1. The number of thiophene rings is 1. The van der Waals surface area contributed by atoms with Crippen molar-refractivity contribution >= 4 is 17.2 Å². The largest absolute Gasteiger partial charge is 0.378 e. The Hall–Kier alpha value is -0.910. The van der Waals surface area contributed by atoms with Crippen LogP contribution < -0.4 is 5.32 Å². The Morgan fingerprint density at radius 1 is 1.72 bits per heavy atom. The summed E-state index contributed by atoms with van der Waals surface area (Å²) >= 11 is 1.69. The van der Waals surface area contributed by atoms with Crippen molar-refractivity contribution in [3.63, 3.8) is 0 Å². The van der Waals surface area contributed by atoms with E-state index in [0.29, 0.717) is 13.0 Å². The molecule has 18 heavy (non-hydrogen) atoms. The third kappa shape index (κ3) is 3.31. The molecule has 1 aromatic heterocycles. The van der Waals surface area contributed by atoms with Crippen LogP contribution in [0.5, 0.6) is 0 Å². The first-order valence-electron chi connectivity index (χ1n) is 6.28. The normalized spacial score (nSPS) is 21.6. The molecular weight excluding hydrogens is 248 g/mol. The molecule has 1 aromatic rings. The van der Waals surface area contributed by atoms with E-state index in [9.17, 15) is 4.79 Å². The standard InChI is InChI=1S/C13H20N2O2S/c1-10(12-4-3-7-18-12)15(2)13(16)8-11-9-17-6-5-14-11/h3-4,7,10-11,14H,5-6,8-9H2,1-2H3. The lowest BCUT2D eigenvalue weighted by Gasteiger charge is -2.28. The Bertz CT molecular complexity index is 374. The van der Waals surface area contributed by atoms with Gasteiger partial charge in [0, 0.05) is 30.9 Å². The van der Waals surface area contributed by atoms with E-state index in [1.165, 1.54) is 4.88 Å². The first-order chi connectivity index (χ1) is 8.68. The van der Waals surface area contributed by atoms with Crippen molar-refractivity contribution in [3.05, 3.63) is 22.4 Å². The predicted molar refractivity (Wildman–Crippen MR) is 72.7 cm³/mol. The van der Waals surface area contributed by atoms with Crippen LogP contribution in [0.1, 0.15) is 24.3 Å². The fraction of sp³-hybridized carbons (Fsp3) is 0.615. The van der Waals surface area contributed by atoms with Gasteiger partial charge in [0.25, 0.3) is 0 Å². The SMILES string of the molecule is CC(c1cccs1)N(C)C(=O)CC1COCCN1. The van der Waals surface area contributed by atoms with Crippen LogP contribution in [0.4, 0.5) is 0 Å². The molecule has 0 saturated carbocycles. The summed E-state index contributed by atoms with van der Waals surface area (Å²) in [5.41, 5.74) is 0. The van der Waals surface area contributed by atoms with E-state index in [1.807, 2.05) is 23.4 Å². The second-order valence-corrected chi connectivity index (χ2v) is 5.61. The van der Waals surface area contributed by atoms with Gasteiger partial charge in [0.1, 0.15) is 0 Å². The van der Waals surface area contributed by atoms with Gasteiger partial charge in [-0.15, -0.1) is 11.3 Å². The lowest BCUT2D eigenvalue weighted by molar-refractivity contribution is -0.133. The smallest absolute Gasteiger partial charge is 0.224 e. The molecule has 2 unspecified atom stereocenters. The zero-order valence-electron chi connectivity index (χ0n) is 10.9. The number of carbonyl (C=O) groups excluding carboxylic acids is 1. The van der Waals surface area contributed by atoms with Crippen LogP contribution in [0.25, 0.3) is 0 Å². The maximum absolute atomic E-state index is 12.2. The Morgan fingerprint density at radius 3 is 3.17 bits per heavy atom. The molecule has 2 atom stereocenters. The van der Waals surface area contributed by atoms with Crippen molar-refractivity contribution in [1.82, 2.24) is 10.2 Å². The van der Waals surface area contributed by atoms with Crippen LogP contribution in [0.2, 0.25) is 0 Å². The molecule has 1 amide bonds. The summed E-state index contributed by atoms with van der Waals surface area (Å²) in [5.74, 6) is 0.166. The molecule has 5 heteroatoms. The summed E-state index contributed by atoms with van der Waals surface area (Å²) in [6.45, 7) is 4.27. The number of nitrogens with zero attached hydrogens (tertiary/aromatic N) is 1. The number of hydrogen-bond donors (Lipinski definition) is 1. The van der Waals surface area contributed by atoms with Gasteiger partial charge in [-0.1, -0.05) is 6.07 Å². The van der Waals surface area contributed by atoms with Crippen molar-refractivity contribution in [2.45, 2.75) is 25.4 Å². The molecule has 100 valence electrons. The predicted octanol–water partition coefficient (Wildman–Crippen LogP) is 1.65. The minimum absolute atomic E-state index is 0.141. The Kier molecular flexibility index (Phi) is 4.74. The summed E-state index contributed by atoms with van der Waals surface area (Å²) in [6.07, 6.45) is 0.506. The molecule has 1 N–H and O–H groups in total. The maximum Gasteiger partial charge on any atom is 0.224 e. The Labute approximate surface area is 112 Å². The lowest BCUT2D eigenvalue weighted by Crippen LogP contribution is -2.44. The highest BCUT2D eigenvalue weighted by molar-refractivity contribution is 7.10. The molecule has 1 fully saturated rings. The first-order valence-corrected chi connectivity index (χ1v) is 7.16. The zero-order chi connectivity index (χ0) is 13.0. The van der Waals surface area contributed by atoms with Gasteiger partial charge in [0.2, 0.25) is 5.91 Å². The summed E-state index contributed by atoms with van der Waals surface area (Å²) in [6, 6.07) is 4.39. The number of morpholine rings is 1. The summed E-state index contributed by atoms with van der Waals surface area (Å²) in [5, 5.41) is 5.35.